The van der Waals surface area contributed by atoms with E-state index in [2.05, 4.69) is 50.3 Å². The highest BCUT2D eigenvalue weighted by molar-refractivity contribution is 5.70. The maximum Gasteiger partial charge on any atom is 0.306 e. The van der Waals surface area contributed by atoms with Crippen LogP contribution in [0.2, 0.25) is 0 Å². The summed E-state index contributed by atoms with van der Waals surface area (Å²) in [6.07, 6.45) is 28.2. The number of hydrogen-bond donors (Lipinski definition) is 1. The summed E-state index contributed by atoms with van der Waals surface area (Å²) in [6.45, 7) is 3.92. The van der Waals surface area contributed by atoms with Crippen LogP contribution < -0.4 is 0 Å². The number of ether oxygens (including phenoxy) is 3. The van der Waals surface area contributed by atoms with E-state index in [1.807, 2.05) is 0 Å². The number of carbonyl (C=O) groups is 2. The van der Waals surface area contributed by atoms with Gasteiger partial charge in [0.05, 0.1) is 18.8 Å². The third-order valence-corrected chi connectivity index (χ3v) is 6.36. The minimum atomic E-state index is -0.795. The van der Waals surface area contributed by atoms with Crippen molar-refractivity contribution < 1.29 is 28.9 Å². The minimum Gasteiger partial charge on any atom is -0.462 e. The molecule has 0 aliphatic carbocycles. The number of hydrogen-bond acceptors (Lipinski definition) is 6. The van der Waals surface area contributed by atoms with E-state index in [1.165, 1.54) is 32.1 Å². The molecule has 0 bridgehead atoms. The van der Waals surface area contributed by atoms with Gasteiger partial charge in [0.2, 0.25) is 0 Å². The lowest BCUT2D eigenvalue weighted by Gasteiger charge is -2.15. The molecule has 1 aliphatic heterocycles. The molecule has 6 heteroatoms. The Hall–Kier alpha value is -1.92. The monoisotopic (exact) mass is 520 g/mol. The van der Waals surface area contributed by atoms with E-state index < -0.39 is 6.10 Å². The second-order valence-electron chi connectivity index (χ2n) is 9.86. The molecular weight excluding hydrogens is 468 g/mol. The third kappa shape index (κ3) is 19.8. The molecule has 2 unspecified atom stereocenters. The Morgan fingerprint density at radius 2 is 1.43 bits per heavy atom. The topological polar surface area (TPSA) is 85.4 Å². The molecule has 212 valence electrons. The Morgan fingerprint density at radius 3 is 2.16 bits per heavy atom. The smallest absolute Gasteiger partial charge is 0.306 e. The molecule has 6 nitrogen and oxygen atoms in total. The Labute approximate surface area is 225 Å². The summed E-state index contributed by atoms with van der Waals surface area (Å²) in [6, 6.07) is 0. The van der Waals surface area contributed by atoms with Gasteiger partial charge in [-0.15, -0.1) is 0 Å². The van der Waals surface area contributed by atoms with Gasteiger partial charge in [0.15, 0.2) is 6.10 Å². The molecule has 0 spiro atoms. The van der Waals surface area contributed by atoms with Crippen molar-refractivity contribution in [2.45, 2.75) is 135 Å². The molecule has 1 N–H and O–H groups in total. The quantitative estimate of drug-likeness (QED) is 0.0629. The van der Waals surface area contributed by atoms with Crippen LogP contribution in [0.5, 0.6) is 0 Å². The molecule has 1 fully saturated rings. The van der Waals surface area contributed by atoms with E-state index in [-0.39, 0.29) is 37.4 Å². The second kappa shape index (κ2) is 23.2. The average Bonchev–Trinajstić information content (AvgIpc) is 3.64. The minimum absolute atomic E-state index is 0.103. The van der Waals surface area contributed by atoms with Crippen molar-refractivity contribution in [1.29, 1.82) is 0 Å². The van der Waals surface area contributed by atoms with Gasteiger partial charge in [-0.1, -0.05) is 88.8 Å². The molecule has 1 saturated heterocycles. The van der Waals surface area contributed by atoms with Crippen LogP contribution in [-0.2, 0) is 23.8 Å². The second-order valence-corrected chi connectivity index (χ2v) is 9.86. The van der Waals surface area contributed by atoms with Gasteiger partial charge >= 0.3 is 11.9 Å². The summed E-state index contributed by atoms with van der Waals surface area (Å²) in [4.78, 5) is 23.9. The van der Waals surface area contributed by atoms with Crippen LogP contribution in [0.25, 0.3) is 0 Å². The van der Waals surface area contributed by atoms with Crippen molar-refractivity contribution in [3.63, 3.8) is 0 Å². The first-order valence-electron chi connectivity index (χ1n) is 14.7. The molecule has 0 saturated carbocycles. The molecule has 1 rings (SSSR count). The molecule has 1 aliphatic rings. The van der Waals surface area contributed by atoms with Crippen LogP contribution in [0.3, 0.4) is 0 Å². The fraction of sp³-hybridized carbons (Fsp3) is 0.742. The van der Waals surface area contributed by atoms with Crippen LogP contribution in [0.1, 0.15) is 117 Å². The zero-order valence-corrected chi connectivity index (χ0v) is 23.4. The highest BCUT2D eigenvalue weighted by Gasteiger charge is 2.36. The number of epoxide rings is 1. The lowest BCUT2D eigenvalue weighted by atomic mass is 10.1. The van der Waals surface area contributed by atoms with E-state index in [4.69, 9.17) is 14.2 Å². The summed E-state index contributed by atoms with van der Waals surface area (Å²) < 4.78 is 16.1. The first kappa shape index (κ1) is 33.1. The molecule has 0 aromatic heterocycles. The summed E-state index contributed by atoms with van der Waals surface area (Å²) >= 11 is 0. The average molecular weight is 521 g/mol. The molecule has 0 aromatic carbocycles. The molecule has 1 heterocycles. The Balaban J connectivity index is 2.01. The maximum atomic E-state index is 12.0. The Bertz CT molecular complexity index is 669. The molecule has 0 amide bonds. The summed E-state index contributed by atoms with van der Waals surface area (Å²) in [5, 5.41) is 9.40. The van der Waals surface area contributed by atoms with Gasteiger partial charge in [-0.25, -0.2) is 0 Å². The van der Waals surface area contributed by atoms with Gasteiger partial charge in [0.25, 0.3) is 0 Å². The predicted molar refractivity (Wildman–Crippen MR) is 149 cm³/mol. The SMILES string of the molecule is CCCCC/C=C\C/C=C\C/C=C\CC1OC1CCCC(=O)OC[C@H](CO)OC(=O)CCCCCCC. The zero-order chi connectivity index (χ0) is 27.0. The fourth-order valence-electron chi connectivity index (χ4n) is 3.99. The standard InChI is InChI=1S/C31H52O6/c1-3-5-7-9-10-11-12-13-14-15-17-18-21-28-29(37-28)22-20-24-30(33)35-26-27(25-32)36-31(34)23-19-16-8-6-4-2/h10-11,13-14,17-18,27-29,32H,3-9,12,15-16,19-26H2,1-2H3/b11-10-,14-13-,18-17-/t27-,28?,29?/m0/s1. The largest absolute Gasteiger partial charge is 0.462 e. The van der Waals surface area contributed by atoms with Gasteiger partial charge in [0.1, 0.15) is 6.61 Å². The Kier molecular flexibility index (Phi) is 20.8. The van der Waals surface area contributed by atoms with Crippen molar-refractivity contribution in [2.75, 3.05) is 13.2 Å². The first-order valence-corrected chi connectivity index (χ1v) is 14.7. The molecule has 0 aromatic rings. The van der Waals surface area contributed by atoms with Gasteiger partial charge in [-0.2, -0.15) is 0 Å². The maximum absolute atomic E-state index is 12.0. The number of esters is 2. The van der Waals surface area contributed by atoms with Crippen LogP contribution in [0.4, 0.5) is 0 Å². The number of allylic oxidation sites excluding steroid dienone is 5. The zero-order valence-electron chi connectivity index (χ0n) is 23.4. The van der Waals surface area contributed by atoms with E-state index >= 15 is 0 Å². The van der Waals surface area contributed by atoms with Crippen molar-refractivity contribution >= 4 is 11.9 Å². The van der Waals surface area contributed by atoms with Gasteiger partial charge in [-0.05, 0) is 51.4 Å². The van der Waals surface area contributed by atoms with Crippen LogP contribution in [0, 0.1) is 0 Å². The van der Waals surface area contributed by atoms with Crippen molar-refractivity contribution in [3.8, 4) is 0 Å². The van der Waals surface area contributed by atoms with Gasteiger partial charge in [0, 0.05) is 12.8 Å². The van der Waals surface area contributed by atoms with Crippen molar-refractivity contribution in [2.24, 2.45) is 0 Å². The van der Waals surface area contributed by atoms with E-state index in [0.717, 1.165) is 51.4 Å². The molecule has 0 radical (unpaired) electrons. The van der Waals surface area contributed by atoms with Crippen LogP contribution in [-0.4, -0.2) is 48.6 Å². The van der Waals surface area contributed by atoms with Crippen molar-refractivity contribution in [3.05, 3.63) is 36.5 Å². The number of carbonyl (C=O) groups excluding carboxylic acids is 2. The Morgan fingerprint density at radius 1 is 0.784 bits per heavy atom. The lowest BCUT2D eigenvalue weighted by Crippen LogP contribution is -2.28. The highest BCUT2D eigenvalue weighted by Crippen LogP contribution is 2.30. The fourth-order valence-corrected chi connectivity index (χ4v) is 3.99. The lowest BCUT2D eigenvalue weighted by molar-refractivity contribution is -0.161. The summed E-state index contributed by atoms with van der Waals surface area (Å²) in [5.41, 5.74) is 0. The molecular formula is C31H52O6. The summed E-state index contributed by atoms with van der Waals surface area (Å²) in [7, 11) is 0. The first-order chi connectivity index (χ1) is 18.1. The normalized spacial score (nSPS) is 18.1. The number of unbranched alkanes of at least 4 members (excludes halogenated alkanes) is 7. The van der Waals surface area contributed by atoms with Crippen molar-refractivity contribution in [1.82, 2.24) is 0 Å². The van der Waals surface area contributed by atoms with E-state index in [0.29, 0.717) is 19.3 Å². The van der Waals surface area contributed by atoms with E-state index in [9.17, 15) is 14.7 Å². The van der Waals surface area contributed by atoms with Crippen LogP contribution >= 0.6 is 0 Å². The molecule has 3 atom stereocenters. The van der Waals surface area contributed by atoms with Gasteiger partial charge in [-0.3, -0.25) is 9.59 Å². The van der Waals surface area contributed by atoms with E-state index in [1.54, 1.807) is 0 Å². The summed E-state index contributed by atoms with van der Waals surface area (Å²) in [5.74, 6) is -0.687. The van der Waals surface area contributed by atoms with Crippen LogP contribution in [0.15, 0.2) is 36.5 Å². The predicted octanol–water partition coefficient (Wildman–Crippen LogP) is 7.15. The molecule has 37 heavy (non-hydrogen) atoms. The highest BCUT2D eigenvalue weighted by atomic mass is 16.6. The number of rotatable bonds is 24. The van der Waals surface area contributed by atoms with Gasteiger partial charge < -0.3 is 19.3 Å². The number of aliphatic hydroxyl groups is 1. The number of aliphatic hydroxyl groups excluding tert-OH is 1. The third-order valence-electron chi connectivity index (χ3n) is 6.36.